The molecule has 0 spiro atoms. The quantitative estimate of drug-likeness (QED) is 0.734. The van der Waals surface area contributed by atoms with Crippen LogP contribution < -0.4 is 4.74 Å². The van der Waals surface area contributed by atoms with Crippen molar-refractivity contribution in [2.45, 2.75) is 83.7 Å². The third-order valence-electron chi connectivity index (χ3n) is 4.83. The molecule has 1 heterocycles. The molecule has 0 saturated heterocycles. The van der Waals surface area contributed by atoms with Crippen molar-refractivity contribution < 1.29 is 9.84 Å². The zero-order chi connectivity index (χ0) is 16.4. The van der Waals surface area contributed by atoms with E-state index in [1.54, 1.807) is 0 Å². The summed E-state index contributed by atoms with van der Waals surface area (Å²) in [5, 5.41) is 9.76. The number of fused-ring (bicyclic) bond motifs is 1. The summed E-state index contributed by atoms with van der Waals surface area (Å²) < 4.78 is 6.16. The molecule has 1 aromatic carbocycles. The maximum absolute atomic E-state index is 9.76. The lowest BCUT2D eigenvalue weighted by molar-refractivity contribution is 0.0533. The molecule has 1 aromatic rings. The van der Waals surface area contributed by atoms with Gasteiger partial charge in [0.15, 0.2) is 0 Å². The van der Waals surface area contributed by atoms with E-state index in [2.05, 4.69) is 52.8 Å². The van der Waals surface area contributed by atoms with E-state index in [1.165, 1.54) is 30.4 Å². The number of hydrogen-bond acceptors (Lipinski definition) is 2. The van der Waals surface area contributed by atoms with Crippen molar-refractivity contribution in [1.29, 1.82) is 0 Å². The molecule has 0 fully saturated rings. The molecule has 1 N–H and O–H groups in total. The fourth-order valence-corrected chi connectivity index (χ4v) is 3.92. The van der Waals surface area contributed by atoms with E-state index < -0.39 is 0 Å². The molecule has 22 heavy (non-hydrogen) atoms. The standard InChI is InChI=1S/C20H32O2/c1-6-7-8-9-16(13-21)15-10-11-18-17(12-15)19(2,3)14-20(4,5)22-18/h10-12,16,21H,6-9,13-14H2,1-5H3/t16-/m1/s1. The Morgan fingerprint density at radius 1 is 1.18 bits per heavy atom. The van der Waals surface area contributed by atoms with Crippen LogP contribution >= 0.6 is 0 Å². The second-order valence-electron chi connectivity index (χ2n) is 8.05. The van der Waals surface area contributed by atoms with E-state index in [1.807, 2.05) is 0 Å². The Balaban J connectivity index is 2.27. The molecule has 2 heteroatoms. The highest BCUT2D eigenvalue weighted by atomic mass is 16.5. The van der Waals surface area contributed by atoms with Gasteiger partial charge >= 0.3 is 0 Å². The minimum absolute atomic E-state index is 0.108. The highest BCUT2D eigenvalue weighted by molar-refractivity contribution is 5.45. The molecule has 0 radical (unpaired) electrons. The summed E-state index contributed by atoms with van der Waals surface area (Å²) in [5.74, 6) is 1.26. The average molecular weight is 304 g/mol. The second-order valence-corrected chi connectivity index (χ2v) is 8.05. The van der Waals surface area contributed by atoms with Crippen molar-refractivity contribution in [1.82, 2.24) is 0 Å². The Morgan fingerprint density at radius 3 is 2.55 bits per heavy atom. The summed E-state index contributed by atoms with van der Waals surface area (Å²) in [6.45, 7) is 11.4. The van der Waals surface area contributed by atoms with Crippen molar-refractivity contribution >= 4 is 0 Å². The number of rotatable bonds is 6. The summed E-state index contributed by atoms with van der Waals surface area (Å²) in [5.41, 5.74) is 2.54. The SMILES string of the molecule is CCCCC[C@H](CO)c1ccc2c(c1)C(C)(C)CC(C)(C)O2. The first-order chi connectivity index (χ1) is 10.3. The van der Waals surface area contributed by atoms with Crippen LogP contribution in [0.25, 0.3) is 0 Å². The van der Waals surface area contributed by atoms with Gasteiger partial charge in [-0.3, -0.25) is 0 Å². The number of ether oxygens (including phenoxy) is 1. The van der Waals surface area contributed by atoms with Crippen LogP contribution in [0.2, 0.25) is 0 Å². The summed E-state index contributed by atoms with van der Waals surface area (Å²) in [6, 6.07) is 6.52. The largest absolute Gasteiger partial charge is 0.488 e. The van der Waals surface area contributed by atoms with Crippen molar-refractivity contribution in [3.8, 4) is 5.75 Å². The normalized spacial score (nSPS) is 20.1. The van der Waals surface area contributed by atoms with Gasteiger partial charge in [-0.15, -0.1) is 0 Å². The van der Waals surface area contributed by atoms with E-state index in [4.69, 9.17) is 4.74 Å². The van der Waals surface area contributed by atoms with Crippen molar-refractivity contribution in [3.63, 3.8) is 0 Å². The summed E-state index contributed by atoms with van der Waals surface area (Å²) in [7, 11) is 0. The van der Waals surface area contributed by atoms with E-state index in [0.717, 1.165) is 18.6 Å². The zero-order valence-electron chi connectivity index (χ0n) is 14.9. The molecule has 0 bridgehead atoms. The maximum atomic E-state index is 9.76. The Morgan fingerprint density at radius 2 is 1.91 bits per heavy atom. The predicted octanol–water partition coefficient (Wildman–Crippen LogP) is 5.18. The van der Waals surface area contributed by atoms with Gasteiger partial charge in [0, 0.05) is 18.1 Å². The number of aliphatic hydroxyl groups excluding tert-OH is 1. The van der Waals surface area contributed by atoms with Crippen molar-refractivity contribution in [2.75, 3.05) is 6.61 Å². The van der Waals surface area contributed by atoms with E-state index >= 15 is 0 Å². The topological polar surface area (TPSA) is 29.5 Å². The Kier molecular flexibility index (Phi) is 5.21. The first-order valence-corrected chi connectivity index (χ1v) is 8.73. The third kappa shape index (κ3) is 3.84. The molecular weight excluding hydrogens is 272 g/mol. The lowest BCUT2D eigenvalue weighted by Gasteiger charge is -2.42. The number of benzene rings is 1. The molecule has 1 aliphatic heterocycles. The van der Waals surface area contributed by atoms with Gasteiger partial charge < -0.3 is 9.84 Å². The number of aliphatic hydroxyl groups is 1. The lowest BCUT2D eigenvalue weighted by Crippen LogP contribution is -2.41. The lowest BCUT2D eigenvalue weighted by atomic mass is 9.73. The molecule has 0 amide bonds. The average Bonchev–Trinajstić information content (AvgIpc) is 2.42. The fourth-order valence-electron chi connectivity index (χ4n) is 3.92. The second kappa shape index (κ2) is 6.62. The molecule has 1 aliphatic rings. The molecule has 124 valence electrons. The Bertz CT molecular complexity index is 502. The fraction of sp³-hybridized carbons (Fsp3) is 0.700. The number of hydrogen-bond donors (Lipinski definition) is 1. The monoisotopic (exact) mass is 304 g/mol. The highest BCUT2D eigenvalue weighted by Crippen LogP contribution is 2.45. The predicted molar refractivity (Wildman–Crippen MR) is 92.8 cm³/mol. The minimum Gasteiger partial charge on any atom is -0.488 e. The molecule has 2 rings (SSSR count). The van der Waals surface area contributed by atoms with Gasteiger partial charge in [-0.05, 0) is 43.7 Å². The molecule has 0 aromatic heterocycles. The molecule has 0 saturated carbocycles. The van der Waals surface area contributed by atoms with Crippen LogP contribution in [-0.4, -0.2) is 17.3 Å². The van der Waals surface area contributed by atoms with Gasteiger partial charge in [-0.1, -0.05) is 52.2 Å². The first-order valence-electron chi connectivity index (χ1n) is 8.73. The van der Waals surface area contributed by atoms with Crippen LogP contribution in [-0.2, 0) is 5.41 Å². The first kappa shape index (κ1) is 17.3. The Hall–Kier alpha value is -1.02. The van der Waals surface area contributed by atoms with Crippen LogP contribution in [0.5, 0.6) is 5.75 Å². The zero-order valence-corrected chi connectivity index (χ0v) is 14.9. The summed E-state index contributed by atoms with van der Waals surface area (Å²) >= 11 is 0. The molecular formula is C20H32O2. The molecule has 1 atom stereocenters. The molecule has 0 unspecified atom stereocenters. The van der Waals surface area contributed by atoms with E-state index in [0.29, 0.717) is 0 Å². The van der Waals surface area contributed by atoms with Gasteiger partial charge in [0.05, 0.1) is 0 Å². The summed E-state index contributed by atoms with van der Waals surface area (Å²) in [4.78, 5) is 0. The van der Waals surface area contributed by atoms with Gasteiger partial charge in [-0.2, -0.15) is 0 Å². The minimum atomic E-state index is -0.116. The van der Waals surface area contributed by atoms with Crippen LogP contribution in [0.3, 0.4) is 0 Å². The van der Waals surface area contributed by atoms with Gasteiger partial charge in [0.1, 0.15) is 11.4 Å². The van der Waals surface area contributed by atoms with Crippen LogP contribution in [0.4, 0.5) is 0 Å². The van der Waals surface area contributed by atoms with Gasteiger partial charge in [-0.25, -0.2) is 0 Å². The smallest absolute Gasteiger partial charge is 0.123 e. The van der Waals surface area contributed by atoms with Gasteiger partial charge in [0.25, 0.3) is 0 Å². The van der Waals surface area contributed by atoms with Crippen LogP contribution in [0.1, 0.15) is 83.8 Å². The van der Waals surface area contributed by atoms with E-state index in [-0.39, 0.29) is 23.5 Å². The van der Waals surface area contributed by atoms with E-state index in [9.17, 15) is 5.11 Å². The highest BCUT2D eigenvalue weighted by Gasteiger charge is 2.39. The number of unbranched alkanes of at least 4 members (excludes halogenated alkanes) is 2. The molecule has 2 nitrogen and oxygen atoms in total. The molecule has 0 aliphatic carbocycles. The Labute approximate surface area is 135 Å². The van der Waals surface area contributed by atoms with Crippen LogP contribution in [0, 0.1) is 0 Å². The summed E-state index contributed by atoms with van der Waals surface area (Å²) in [6.07, 6.45) is 5.72. The van der Waals surface area contributed by atoms with Crippen molar-refractivity contribution in [3.05, 3.63) is 29.3 Å². The van der Waals surface area contributed by atoms with Crippen LogP contribution in [0.15, 0.2) is 18.2 Å². The van der Waals surface area contributed by atoms with Crippen molar-refractivity contribution in [2.24, 2.45) is 0 Å². The third-order valence-corrected chi connectivity index (χ3v) is 4.83. The maximum Gasteiger partial charge on any atom is 0.123 e. The van der Waals surface area contributed by atoms with Gasteiger partial charge in [0.2, 0.25) is 0 Å².